The van der Waals surface area contributed by atoms with Crippen molar-refractivity contribution in [3.63, 3.8) is 0 Å². The van der Waals surface area contributed by atoms with Crippen LogP contribution in [0.4, 0.5) is 0 Å². The summed E-state index contributed by atoms with van der Waals surface area (Å²) in [5.41, 5.74) is 0. The van der Waals surface area contributed by atoms with Crippen molar-refractivity contribution in [3.8, 4) is 0 Å². The predicted molar refractivity (Wildman–Crippen MR) is 90.6 cm³/mol. The molecule has 2 unspecified atom stereocenters. The highest BCUT2D eigenvalue weighted by molar-refractivity contribution is 7.99. The second kappa shape index (κ2) is 10.3. The van der Waals surface area contributed by atoms with Crippen molar-refractivity contribution in [2.75, 3.05) is 44.4 Å². The van der Waals surface area contributed by atoms with Crippen molar-refractivity contribution < 1.29 is 14.3 Å². The Morgan fingerprint density at radius 2 is 2.14 bits per heavy atom. The summed E-state index contributed by atoms with van der Waals surface area (Å²) in [6.45, 7) is 5.28. The van der Waals surface area contributed by atoms with Crippen LogP contribution in [0.3, 0.4) is 0 Å². The van der Waals surface area contributed by atoms with E-state index in [4.69, 9.17) is 4.74 Å². The molecule has 2 amide bonds. The highest BCUT2D eigenvalue weighted by Crippen LogP contribution is 2.10. The van der Waals surface area contributed by atoms with Crippen molar-refractivity contribution >= 4 is 36.0 Å². The number of rotatable bonds is 5. The van der Waals surface area contributed by atoms with E-state index in [0.717, 1.165) is 18.1 Å². The van der Waals surface area contributed by atoms with E-state index < -0.39 is 6.04 Å². The number of nitrogens with zero attached hydrogens (tertiary/aromatic N) is 1. The minimum Gasteiger partial charge on any atom is -0.378 e. The molecule has 2 rings (SSSR count). The van der Waals surface area contributed by atoms with E-state index >= 15 is 0 Å². The zero-order valence-electron chi connectivity index (χ0n) is 13.0. The van der Waals surface area contributed by atoms with Crippen molar-refractivity contribution in [1.82, 2.24) is 15.5 Å². The molecule has 2 aliphatic heterocycles. The van der Waals surface area contributed by atoms with E-state index in [9.17, 15) is 9.59 Å². The first-order valence-electron chi connectivity index (χ1n) is 7.67. The van der Waals surface area contributed by atoms with Gasteiger partial charge in [-0.15, -0.1) is 12.4 Å². The third-order valence-electron chi connectivity index (χ3n) is 3.79. The van der Waals surface area contributed by atoms with Gasteiger partial charge in [0.25, 0.3) is 0 Å². The molecule has 128 valence electrons. The number of nitrogens with one attached hydrogen (secondary N) is 2. The van der Waals surface area contributed by atoms with Crippen LogP contribution in [0, 0.1) is 0 Å². The van der Waals surface area contributed by atoms with Crippen molar-refractivity contribution in [2.24, 2.45) is 0 Å². The summed E-state index contributed by atoms with van der Waals surface area (Å²) >= 11 is 1.87. The normalized spacial score (nSPS) is 23.3. The molecular formula is C14H26ClN3O3S. The molecule has 2 fully saturated rings. The van der Waals surface area contributed by atoms with Crippen molar-refractivity contribution in [2.45, 2.75) is 31.8 Å². The van der Waals surface area contributed by atoms with E-state index in [0.29, 0.717) is 39.1 Å². The number of carbonyl (C=O) groups is 2. The number of morpholine rings is 1. The second-order valence-electron chi connectivity index (χ2n) is 5.40. The van der Waals surface area contributed by atoms with Gasteiger partial charge < -0.3 is 20.3 Å². The van der Waals surface area contributed by atoms with E-state index in [1.165, 1.54) is 0 Å². The van der Waals surface area contributed by atoms with Gasteiger partial charge in [-0.2, -0.15) is 11.8 Å². The highest BCUT2D eigenvalue weighted by Gasteiger charge is 2.26. The Kier molecular flexibility index (Phi) is 9.16. The number of amides is 2. The minimum absolute atomic E-state index is 0. The lowest BCUT2D eigenvalue weighted by molar-refractivity contribution is -0.140. The van der Waals surface area contributed by atoms with Crippen LogP contribution in [-0.4, -0.2) is 73.2 Å². The largest absolute Gasteiger partial charge is 0.378 e. The summed E-state index contributed by atoms with van der Waals surface area (Å²) in [5.74, 6) is 2.04. The molecule has 2 aliphatic rings. The minimum atomic E-state index is -0.410. The van der Waals surface area contributed by atoms with E-state index in [-0.39, 0.29) is 30.3 Å². The fourth-order valence-electron chi connectivity index (χ4n) is 2.57. The lowest BCUT2D eigenvalue weighted by Gasteiger charge is -2.30. The molecule has 0 aromatic rings. The molecule has 0 aromatic carbocycles. The van der Waals surface area contributed by atoms with Crippen LogP contribution in [0.25, 0.3) is 0 Å². The Morgan fingerprint density at radius 1 is 1.41 bits per heavy atom. The van der Waals surface area contributed by atoms with Gasteiger partial charge in [0.05, 0.1) is 13.2 Å². The topological polar surface area (TPSA) is 70.7 Å². The molecule has 2 heterocycles. The summed E-state index contributed by atoms with van der Waals surface area (Å²) in [6, 6.07) is -0.188. The fourth-order valence-corrected chi connectivity index (χ4v) is 3.52. The van der Waals surface area contributed by atoms with Crippen molar-refractivity contribution in [1.29, 1.82) is 0 Å². The molecule has 0 aliphatic carbocycles. The predicted octanol–water partition coefficient (Wildman–Crippen LogP) is 0.257. The van der Waals surface area contributed by atoms with E-state index in [1.807, 2.05) is 18.7 Å². The Morgan fingerprint density at radius 3 is 2.73 bits per heavy atom. The zero-order valence-corrected chi connectivity index (χ0v) is 14.6. The van der Waals surface area contributed by atoms with Gasteiger partial charge in [-0.1, -0.05) is 6.92 Å². The molecule has 8 heteroatoms. The maximum Gasteiger partial charge on any atom is 0.245 e. The van der Waals surface area contributed by atoms with Crippen molar-refractivity contribution in [3.05, 3.63) is 0 Å². The van der Waals surface area contributed by atoms with Gasteiger partial charge in [-0.3, -0.25) is 9.59 Å². The van der Waals surface area contributed by atoms with Crippen LogP contribution in [0.2, 0.25) is 0 Å². The lowest BCUT2D eigenvalue weighted by atomic mass is 10.1. The molecule has 0 spiro atoms. The molecule has 2 atom stereocenters. The van der Waals surface area contributed by atoms with Crippen LogP contribution in [-0.2, 0) is 14.3 Å². The summed E-state index contributed by atoms with van der Waals surface area (Å²) in [5, 5.41) is 6.23. The number of ether oxygens (including phenoxy) is 1. The van der Waals surface area contributed by atoms with E-state index in [2.05, 4.69) is 10.6 Å². The van der Waals surface area contributed by atoms with Crippen LogP contribution in [0.15, 0.2) is 0 Å². The SMILES string of the molecule is CCC(NC(=O)CC1CSCCN1)C(=O)N1CCOCC1.Cl. The number of hydrogen-bond donors (Lipinski definition) is 2. The maximum atomic E-state index is 12.4. The Bertz CT molecular complexity index is 361. The molecule has 0 saturated carbocycles. The molecule has 0 bridgehead atoms. The van der Waals surface area contributed by atoms with Crippen LogP contribution >= 0.6 is 24.2 Å². The number of carbonyl (C=O) groups excluding carboxylic acids is 2. The summed E-state index contributed by atoms with van der Waals surface area (Å²) in [6.07, 6.45) is 1.06. The molecule has 22 heavy (non-hydrogen) atoms. The van der Waals surface area contributed by atoms with Crippen LogP contribution < -0.4 is 10.6 Å². The first kappa shape index (κ1) is 19.5. The zero-order chi connectivity index (χ0) is 15.1. The Balaban J connectivity index is 0.00000242. The second-order valence-corrected chi connectivity index (χ2v) is 6.55. The molecule has 0 radical (unpaired) electrons. The maximum absolute atomic E-state index is 12.4. The molecule has 2 N–H and O–H groups in total. The first-order valence-corrected chi connectivity index (χ1v) is 8.83. The van der Waals surface area contributed by atoms with Crippen LogP contribution in [0.1, 0.15) is 19.8 Å². The van der Waals surface area contributed by atoms with Crippen LogP contribution in [0.5, 0.6) is 0 Å². The molecule has 0 aromatic heterocycles. The standard InChI is InChI=1S/C14H25N3O3S.ClH/c1-2-12(14(19)17-4-6-20-7-5-17)16-13(18)9-11-10-21-8-3-15-11;/h11-12,15H,2-10H2,1H3,(H,16,18);1H. The summed E-state index contributed by atoms with van der Waals surface area (Å²) in [7, 11) is 0. The first-order chi connectivity index (χ1) is 10.2. The van der Waals surface area contributed by atoms with Gasteiger partial charge >= 0.3 is 0 Å². The summed E-state index contributed by atoms with van der Waals surface area (Å²) in [4.78, 5) is 26.3. The highest BCUT2D eigenvalue weighted by atomic mass is 35.5. The smallest absolute Gasteiger partial charge is 0.245 e. The Hall–Kier alpha value is -0.500. The molecular weight excluding hydrogens is 326 g/mol. The third-order valence-corrected chi connectivity index (χ3v) is 4.93. The quantitative estimate of drug-likeness (QED) is 0.743. The van der Waals surface area contributed by atoms with Gasteiger partial charge in [0.2, 0.25) is 11.8 Å². The number of hydrogen-bond acceptors (Lipinski definition) is 5. The average molecular weight is 352 g/mol. The average Bonchev–Trinajstić information content (AvgIpc) is 2.53. The van der Waals surface area contributed by atoms with Gasteiger partial charge in [-0.25, -0.2) is 0 Å². The third kappa shape index (κ3) is 5.95. The molecule has 2 saturated heterocycles. The molecule has 6 nitrogen and oxygen atoms in total. The number of thioether (sulfide) groups is 1. The lowest BCUT2D eigenvalue weighted by Crippen LogP contribution is -2.52. The monoisotopic (exact) mass is 351 g/mol. The fraction of sp³-hybridized carbons (Fsp3) is 0.857. The number of halogens is 1. The summed E-state index contributed by atoms with van der Waals surface area (Å²) < 4.78 is 5.25. The Labute approximate surface area is 142 Å². The van der Waals surface area contributed by atoms with Gasteiger partial charge in [0.1, 0.15) is 6.04 Å². The van der Waals surface area contributed by atoms with Gasteiger partial charge in [0, 0.05) is 43.6 Å². The van der Waals surface area contributed by atoms with E-state index in [1.54, 1.807) is 4.90 Å². The van der Waals surface area contributed by atoms with Gasteiger partial charge in [0.15, 0.2) is 0 Å². The van der Waals surface area contributed by atoms with Gasteiger partial charge in [-0.05, 0) is 6.42 Å².